The summed E-state index contributed by atoms with van der Waals surface area (Å²) in [5.41, 5.74) is 6.82. The van der Waals surface area contributed by atoms with E-state index < -0.39 is 0 Å². The minimum atomic E-state index is -0.253. The Morgan fingerprint density at radius 3 is 2.41 bits per heavy atom. The number of nitrogens with zero attached hydrogens (tertiary/aromatic N) is 5. The SMILES string of the molecule is C=N/C(=N\c1c(C)nc(Nc2c(Cl)cc(Cl)cc2Cl)n1[C@H]1CC[C@@H](C(N)=O)CC1)N[C@@H]1CCCN(C(C)C)C1. The molecular weight excluding hydrogens is 559 g/mol. The van der Waals surface area contributed by atoms with Crippen LogP contribution in [0.2, 0.25) is 15.1 Å². The van der Waals surface area contributed by atoms with Crippen molar-refractivity contribution in [2.75, 3.05) is 18.4 Å². The van der Waals surface area contributed by atoms with Crippen molar-refractivity contribution in [3.8, 4) is 0 Å². The molecule has 1 aromatic carbocycles. The maximum absolute atomic E-state index is 11.8. The molecule has 9 nitrogen and oxygen atoms in total. The molecule has 1 saturated heterocycles. The van der Waals surface area contributed by atoms with E-state index in [0.717, 1.165) is 38.8 Å². The van der Waals surface area contributed by atoms with Gasteiger partial charge in [-0.15, -0.1) is 0 Å². The zero-order valence-corrected chi connectivity index (χ0v) is 25.0. The van der Waals surface area contributed by atoms with E-state index in [1.807, 2.05) is 6.92 Å². The minimum Gasteiger partial charge on any atom is -0.369 e. The van der Waals surface area contributed by atoms with Crippen molar-refractivity contribution in [2.45, 2.75) is 77.4 Å². The second-order valence-electron chi connectivity index (χ2n) is 10.7. The average Bonchev–Trinajstić information content (AvgIpc) is 3.20. The maximum Gasteiger partial charge on any atom is 0.224 e. The number of imidazole rings is 1. The van der Waals surface area contributed by atoms with Crippen molar-refractivity contribution in [3.63, 3.8) is 0 Å². The Balaban J connectivity index is 1.69. The summed E-state index contributed by atoms with van der Waals surface area (Å²) in [6.07, 6.45) is 5.03. The predicted octanol–water partition coefficient (Wildman–Crippen LogP) is 6.26. The number of halogens is 3. The number of amides is 1. The van der Waals surface area contributed by atoms with Crippen LogP contribution in [0.1, 0.15) is 64.1 Å². The van der Waals surface area contributed by atoms with Crippen molar-refractivity contribution in [3.05, 3.63) is 32.9 Å². The smallest absolute Gasteiger partial charge is 0.224 e. The van der Waals surface area contributed by atoms with Gasteiger partial charge >= 0.3 is 0 Å². The van der Waals surface area contributed by atoms with Crippen molar-refractivity contribution < 1.29 is 4.79 Å². The lowest BCUT2D eigenvalue weighted by Gasteiger charge is -2.35. The van der Waals surface area contributed by atoms with Crippen LogP contribution in [0.15, 0.2) is 22.1 Å². The molecule has 2 aromatic rings. The van der Waals surface area contributed by atoms with E-state index in [0.29, 0.717) is 63.1 Å². The summed E-state index contributed by atoms with van der Waals surface area (Å²) in [4.78, 5) is 28.2. The molecule has 2 heterocycles. The summed E-state index contributed by atoms with van der Waals surface area (Å²) in [6.45, 7) is 12.1. The van der Waals surface area contributed by atoms with Gasteiger partial charge in [-0.05, 0) is 84.7 Å². The molecule has 1 aromatic heterocycles. The summed E-state index contributed by atoms with van der Waals surface area (Å²) in [5.74, 6) is 1.28. The molecule has 212 valence electrons. The van der Waals surface area contributed by atoms with E-state index in [4.69, 9.17) is 50.5 Å². The van der Waals surface area contributed by atoms with Gasteiger partial charge in [0.2, 0.25) is 17.8 Å². The molecular formula is C27H37Cl3N8O. The molecule has 4 N–H and O–H groups in total. The number of nitrogens with two attached hydrogens (primary N) is 1. The number of anilines is 2. The number of aliphatic imine (C=N–C) groups is 2. The fraction of sp³-hybridized carbons (Fsp3) is 0.556. The normalized spacial score (nSPS) is 22.6. The first-order chi connectivity index (χ1) is 18.6. The average molecular weight is 596 g/mol. The van der Waals surface area contributed by atoms with E-state index in [-0.39, 0.29) is 23.9 Å². The van der Waals surface area contributed by atoms with Gasteiger partial charge in [-0.2, -0.15) is 4.99 Å². The molecule has 2 aliphatic rings. The molecule has 1 aliphatic carbocycles. The highest BCUT2D eigenvalue weighted by Gasteiger charge is 2.30. The third-order valence-electron chi connectivity index (χ3n) is 7.64. The lowest BCUT2D eigenvalue weighted by molar-refractivity contribution is -0.122. The number of primary amides is 1. The molecule has 0 radical (unpaired) electrons. The summed E-state index contributed by atoms with van der Waals surface area (Å²) in [7, 11) is 0. The summed E-state index contributed by atoms with van der Waals surface area (Å²) in [5, 5.41) is 8.02. The van der Waals surface area contributed by atoms with Crippen LogP contribution in [0.4, 0.5) is 17.5 Å². The van der Waals surface area contributed by atoms with E-state index in [1.54, 1.807) is 12.1 Å². The quantitative estimate of drug-likeness (QED) is 0.258. The Labute approximate surface area is 245 Å². The van der Waals surface area contributed by atoms with Crippen LogP contribution in [-0.4, -0.2) is 58.2 Å². The van der Waals surface area contributed by atoms with Gasteiger partial charge in [0.25, 0.3) is 0 Å². The van der Waals surface area contributed by atoms with Gasteiger partial charge in [0, 0.05) is 35.6 Å². The van der Waals surface area contributed by atoms with Gasteiger partial charge in [-0.1, -0.05) is 34.8 Å². The molecule has 0 unspecified atom stereocenters. The van der Waals surface area contributed by atoms with E-state index in [2.05, 4.69) is 45.7 Å². The summed E-state index contributed by atoms with van der Waals surface area (Å²) in [6, 6.07) is 3.99. The molecule has 0 spiro atoms. The van der Waals surface area contributed by atoms with Crippen LogP contribution in [0.25, 0.3) is 0 Å². The molecule has 4 rings (SSSR count). The van der Waals surface area contributed by atoms with Gasteiger partial charge < -0.3 is 16.4 Å². The van der Waals surface area contributed by atoms with Crippen LogP contribution >= 0.6 is 34.8 Å². The fourth-order valence-electron chi connectivity index (χ4n) is 5.49. The number of likely N-dealkylation sites (tertiary alicyclic amines) is 1. The molecule has 39 heavy (non-hydrogen) atoms. The number of piperidine rings is 1. The van der Waals surface area contributed by atoms with Gasteiger partial charge in [-0.25, -0.2) is 9.98 Å². The maximum atomic E-state index is 11.8. The van der Waals surface area contributed by atoms with E-state index in [9.17, 15) is 4.79 Å². The number of rotatable bonds is 7. The highest BCUT2D eigenvalue weighted by molar-refractivity contribution is 6.41. The number of guanidine groups is 1. The number of benzene rings is 1. The van der Waals surface area contributed by atoms with Crippen molar-refractivity contribution in [2.24, 2.45) is 21.6 Å². The van der Waals surface area contributed by atoms with Crippen molar-refractivity contribution in [1.82, 2.24) is 19.8 Å². The van der Waals surface area contributed by atoms with E-state index >= 15 is 0 Å². The first-order valence-electron chi connectivity index (χ1n) is 13.4. The Morgan fingerprint density at radius 1 is 1.15 bits per heavy atom. The number of nitrogens with one attached hydrogen (secondary N) is 2. The summed E-state index contributed by atoms with van der Waals surface area (Å²) >= 11 is 19.1. The van der Waals surface area contributed by atoms with Crippen molar-refractivity contribution >= 4 is 70.8 Å². The summed E-state index contributed by atoms with van der Waals surface area (Å²) < 4.78 is 2.06. The predicted molar refractivity (Wildman–Crippen MR) is 161 cm³/mol. The van der Waals surface area contributed by atoms with Gasteiger partial charge in [0.15, 0.2) is 5.82 Å². The minimum absolute atomic E-state index is 0.0325. The number of carbonyl (C=O) groups is 1. The molecule has 1 aliphatic heterocycles. The topological polar surface area (TPSA) is 113 Å². The lowest BCUT2D eigenvalue weighted by Crippen LogP contribution is -2.49. The second kappa shape index (κ2) is 12.9. The standard InChI is InChI=1S/C27H37Cl3N8O/c1-15(2)37-11-5-6-19(14-37)34-26(32-4)36-25-16(3)33-27(35-23-21(29)12-18(28)13-22(23)30)38(25)20-9-7-17(8-10-20)24(31)39/h12-13,15,17,19-20H,4-11,14H2,1-3H3,(H2,31,39)(H,33,35)(H,34,36)/t17-,19-,20+/m1/s1. The number of aryl methyl sites for hydroxylation is 1. The third-order valence-corrected chi connectivity index (χ3v) is 8.45. The Bertz CT molecular complexity index is 1210. The molecule has 0 bridgehead atoms. The highest BCUT2D eigenvalue weighted by atomic mass is 35.5. The largest absolute Gasteiger partial charge is 0.369 e. The highest BCUT2D eigenvalue weighted by Crippen LogP contribution is 2.41. The number of carbonyl (C=O) groups excluding carboxylic acids is 1. The molecule has 12 heteroatoms. The van der Waals surface area contributed by atoms with Crippen LogP contribution in [0.5, 0.6) is 0 Å². The van der Waals surface area contributed by atoms with Crippen molar-refractivity contribution in [1.29, 1.82) is 0 Å². The van der Waals surface area contributed by atoms with E-state index in [1.165, 1.54) is 0 Å². The monoisotopic (exact) mass is 594 g/mol. The van der Waals surface area contributed by atoms with Gasteiger partial charge in [0.1, 0.15) is 0 Å². The number of hydrogen-bond acceptors (Lipinski definition) is 5. The molecule has 1 saturated carbocycles. The Morgan fingerprint density at radius 2 is 1.82 bits per heavy atom. The number of aromatic nitrogens is 2. The van der Waals surface area contributed by atoms with Crippen LogP contribution < -0.4 is 16.4 Å². The fourth-order valence-corrected chi connectivity index (χ4v) is 6.40. The van der Waals surface area contributed by atoms with Crippen LogP contribution in [0.3, 0.4) is 0 Å². The number of hydrogen-bond donors (Lipinski definition) is 3. The molecule has 1 amide bonds. The zero-order chi connectivity index (χ0) is 28.3. The lowest BCUT2D eigenvalue weighted by atomic mass is 9.85. The van der Waals surface area contributed by atoms with Gasteiger partial charge in [-0.3, -0.25) is 14.3 Å². The second-order valence-corrected chi connectivity index (χ2v) is 11.9. The Kier molecular flexibility index (Phi) is 9.80. The molecule has 1 atom stereocenters. The first-order valence-corrected chi connectivity index (χ1v) is 14.6. The first kappa shape index (κ1) is 29.6. The van der Waals surface area contributed by atoms with Crippen LogP contribution in [0, 0.1) is 12.8 Å². The Hall–Kier alpha value is -2.33. The van der Waals surface area contributed by atoms with Gasteiger partial charge in [0.05, 0.1) is 21.4 Å². The van der Waals surface area contributed by atoms with Crippen LogP contribution in [-0.2, 0) is 4.79 Å². The third kappa shape index (κ3) is 7.06. The molecule has 2 fully saturated rings. The zero-order valence-electron chi connectivity index (χ0n) is 22.7.